The molecule has 2 fully saturated rings. The van der Waals surface area contributed by atoms with Crippen molar-refractivity contribution in [2.24, 2.45) is 4.99 Å². The zero-order valence-corrected chi connectivity index (χ0v) is 23.9. The van der Waals surface area contributed by atoms with Gasteiger partial charge in [0.2, 0.25) is 6.17 Å². The highest BCUT2D eigenvalue weighted by atomic mass is 35.5. The van der Waals surface area contributed by atoms with Crippen LogP contribution in [0.2, 0.25) is 5.02 Å². The fourth-order valence-electron chi connectivity index (χ4n) is 5.44. The van der Waals surface area contributed by atoms with Crippen molar-refractivity contribution in [2.75, 3.05) is 18.5 Å². The summed E-state index contributed by atoms with van der Waals surface area (Å²) in [5.74, 6) is -0.236. The van der Waals surface area contributed by atoms with Crippen molar-refractivity contribution in [3.8, 4) is 0 Å². The molecule has 10 heteroatoms. The zero-order valence-electron chi connectivity index (χ0n) is 22.4. The molecule has 2 saturated heterocycles. The lowest BCUT2D eigenvalue weighted by Gasteiger charge is -2.34. The van der Waals surface area contributed by atoms with Crippen molar-refractivity contribution < 1.29 is 14.3 Å². The number of benzodiazepines with no additional fused rings is 1. The van der Waals surface area contributed by atoms with Crippen LogP contribution in [0.5, 0.6) is 0 Å². The van der Waals surface area contributed by atoms with Gasteiger partial charge in [-0.2, -0.15) is 0 Å². The van der Waals surface area contributed by atoms with Gasteiger partial charge in [-0.05, 0) is 65.0 Å². The molecule has 0 radical (unpaired) electrons. The topological polar surface area (TPSA) is 77.2 Å². The van der Waals surface area contributed by atoms with Crippen LogP contribution in [0.4, 0.5) is 10.5 Å². The third kappa shape index (κ3) is 4.41. The molecule has 0 aliphatic carbocycles. The molecular weight excluding hydrogens is 522 g/mol. The summed E-state index contributed by atoms with van der Waals surface area (Å²) in [5, 5.41) is 4.19. The van der Waals surface area contributed by atoms with E-state index in [1.165, 1.54) is 0 Å². The summed E-state index contributed by atoms with van der Waals surface area (Å²) in [4.78, 5) is 36.6. The number of anilines is 1. The molecule has 3 aliphatic rings. The summed E-state index contributed by atoms with van der Waals surface area (Å²) in [6, 6.07) is 15.0. The summed E-state index contributed by atoms with van der Waals surface area (Å²) in [5.41, 5.74) is 2.05. The average Bonchev–Trinajstić information content (AvgIpc) is 3.40. The van der Waals surface area contributed by atoms with Crippen LogP contribution in [0.1, 0.15) is 45.7 Å². The van der Waals surface area contributed by atoms with Gasteiger partial charge in [-0.3, -0.25) is 9.69 Å². The Morgan fingerprint density at radius 3 is 2.50 bits per heavy atom. The number of halogens is 1. The molecule has 4 unspecified atom stereocenters. The summed E-state index contributed by atoms with van der Waals surface area (Å²) in [7, 11) is 1.73. The number of fused-ring (bicyclic) bond motifs is 2. The Balaban J connectivity index is 1.40. The van der Waals surface area contributed by atoms with Gasteiger partial charge in [0.15, 0.2) is 5.11 Å². The van der Waals surface area contributed by atoms with Gasteiger partial charge in [-0.25, -0.2) is 9.79 Å². The fraction of sp³-hybridized carbons (Fsp3) is 0.429. The van der Waals surface area contributed by atoms with Gasteiger partial charge in [-0.15, -0.1) is 0 Å². The summed E-state index contributed by atoms with van der Waals surface area (Å²) >= 11 is 12.2. The molecule has 200 valence electrons. The van der Waals surface area contributed by atoms with Crippen LogP contribution in [0.25, 0.3) is 0 Å². The maximum atomic E-state index is 13.6. The molecule has 1 N–H and O–H groups in total. The average molecular weight is 554 g/mol. The minimum atomic E-state index is -0.937. The van der Waals surface area contributed by atoms with E-state index >= 15 is 0 Å². The zero-order chi connectivity index (χ0) is 27.6. The van der Waals surface area contributed by atoms with Crippen LogP contribution in [-0.4, -0.2) is 75.6 Å². The second kappa shape index (κ2) is 9.24. The van der Waals surface area contributed by atoms with Crippen LogP contribution in [0.3, 0.4) is 0 Å². The van der Waals surface area contributed by atoms with E-state index in [0.717, 1.165) is 11.1 Å². The molecule has 3 heterocycles. The molecule has 4 atom stereocenters. The maximum Gasteiger partial charge on any atom is 0.411 e. The first-order chi connectivity index (χ1) is 17.8. The Morgan fingerprint density at radius 1 is 1.21 bits per heavy atom. The Hall–Kier alpha value is -3.17. The normalized spacial score (nSPS) is 26.3. The number of rotatable bonds is 2. The van der Waals surface area contributed by atoms with Gasteiger partial charge in [-0.1, -0.05) is 41.9 Å². The summed E-state index contributed by atoms with van der Waals surface area (Å²) in [6.07, 6.45) is -1.25. The number of hydrogen-bond acceptors (Lipinski definition) is 5. The van der Waals surface area contributed by atoms with Crippen molar-refractivity contribution in [2.45, 2.75) is 64.0 Å². The first kappa shape index (κ1) is 26.4. The van der Waals surface area contributed by atoms with Gasteiger partial charge in [0.25, 0.3) is 5.91 Å². The molecule has 2 aromatic rings. The highest BCUT2D eigenvalue weighted by Gasteiger charge is 2.71. The Bertz CT molecular complexity index is 1340. The Morgan fingerprint density at radius 2 is 1.89 bits per heavy atom. The number of likely N-dealkylation sites (N-methyl/N-ethyl adjacent to an activating group) is 1. The smallest absolute Gasteiger partial charge is 0.411 e. The predicted molar refractivity (Wildman–Crippen MR) is 153 cm³/mol. The third-order valence-corrected chi connectivity index (χ3v) is 8.26. The minimum absolute atomic E-state index is 0.0191. The molecule has 5 rings (SSSR count). The number of carbonyl (C=O) groups is 2. The molecule has 0 bridgehead atoms. The van der Waals surface area contributed by atoms with Crippen LogP contribution in [-0.2, 0) is 9.53 Å². The first-order valence-corrected chi connectivity index (χ1v) is 13.4. The summed E-state index contributed by atoms with van der Waals surface area (Å²) in [6.45, 7) is 10.2. The number of nitrogens with one attached hydrogen (secondary N) is 1. The van der Waals surface area contributed by atoms with Gasteiger partial charge in [0.05, 0.1) is 29.0 Å². The van der Waals surface area contributed by atoms with E-state index in [1.807, 2.05) is 82.0 Å². The van der Waals surface area contributed by atoms with Gasteiger partial charge >= 0.3 is 6.09 Å². The van der Waals surface area contributed by atoms with Crippen molar-refractivity contribution in [1.29, 1.82) is 0 Å². The van der Waals surface area contributed by atoms with Crippen LogP contribution < -0.4 is 10.2 Å². The number of nitrogens with zero attached hydrogens (tertiary/aromatic N) is 4. The highest BCUT2D eigenvalue weighted by molar-refractivity contribution is 7.80. The Labute approximate surface area is 233 Å². The lowest BCUT2D eigenvalue weighted by atomic mass is 10.0. The summed E-state index contributed by atoms with van der Waals surface area (Å²) < 4.78 is 5.60. The minimum Gasteiger partial charge on any atom is -0.444 e. The second-order valence-corrected chi connectivity index (χ2v) is 12.0. The van der Waals surface area contributed by atoms with Crippen molar-refractivity contribution in [1.82, 2.24) is 15.1 Å². The van der Waals surface area contributed by atoms with E-state index in [2.05, 4.69) is 5.32 Å². The van der Waals surface area contributed by atoms with E-state index < -0.39 is 17.3 Å². The lowest BCUT2D eigenvalue weighted by Crippen LogP contribution is -2.54. The number of hydrogen-bond donors (Lipinski definition) is 1. The molecular formula is C28H32ClN5O3S. The third-order valence-electron chi connectivity index (χ3n) is 7.68. The molecule has 0 aromatic heterocycles. The van der Waals surface area contributed by atoms with Gasteiger partial charge < -0.3 is 19.9 Å². The van der Waals surface area contributed by atoms with Crippen LogP contribution in [0, 0.1) is 0 Å². The predicted octanol–water partition coefficient (Wildman–Crippen LogP) is 4.44. The van der Waals surface area contributed by atoms with E-state index in [4.69, 9.17) is 33.5 Å². The van der Waals surface area contributed by atoms with E-state index in [0.29, 0.717) is 28.1 Å². The van der Waals surface area contributed by atoms with Crippen molar-refractivity contribution in [3.05, 3.63) is 64.7 Å². The van der Waals surface area contributed by atoms with Crippen molar-refractivity contribution >= 4 is 52.3 Å². The standard InChI is InChI=1S/C28H32ClN5O3S/c1-16-28(5)21(34(28)26(36)37-27(2,3)4)15-33(16)25(38)31-23-24(35)32(6)20-13-12-18(29)14-19(20)22(30-23)17-10-8-7-9-11-17/h7-14,16,21,23H,15H2,1-6H3,(H,31,38). The second-order valence-electron chi connectivity index (χ2n) is 11.2. The molecule has 38 heavy (non-hydrogen) atoms. The highest BCUT2D eigenvalue weighted by Crippen LogP contribution is 2.51. The van der Waals surface area contributed by atoms with Crippen LogP contribution >= 0.6 is 23.8 Å². The van der Waals surface area contributed by atoms with Gasteiger partial charge in [0.1, 0.15) is 5.60 Å². The molecule has 8 nitrogen and oxygen atoms in total. The number of thiocarbonyl (C=S) groups is 1. The largest absolute Gasteiger partial charge is 0.444 e. The number of benzene rings is 2. The van der Waals surface area contributed by atoms with Gasteiger partial charge in [0, 0.05) is 29.7 Å². The lowest BCUT2D eigenvalue weighted by molar-refractivity contribution is -0.119. The SMILES string of the molecule is CC1N(C(=S)NC2N=C(c3ccccc3)c3cc(Cl)ccc3N(C)C2=O)CC2N(C(=O)OC(C)(C)C)C12C. The Kier molecular flexibility index (Phi) is 6.43. The van der Waals surface area contributed by atoms with E-state index in [9.17, 15) is 9.59 Å². The molecule has 2 amide bonds. The quantitative estimate of drug-likeness (QED) is 0.438. The fourth-order valence-corrected chi connectivity index (χ4v) is 5.96. The number of piperazine rings is 1. The van der Waals surface area contributed by atoms with Crippen LogP contribution in [0.15, 0.2) is 53.5 Å². The number of amides is 2. The monoisotopic (exact) mass is 553 g/mol. The maximum absolute atomic E-state index is 13.6. The molecule has 0 saturated carbocycles. The molecule has 0 spiro atoms. The number of ether oxygens (including phenoxy) is 1. The number of carbonyl (C=O) groups excluding carboxylic acids is 2. The van der Waals surface area contributed by atoms with Crippen molar-refractivity contribution in [3.63, 3.8) is 0 Å². The molecule has 2 aromatic carbocycles. The molecule has 3 aliphatic heterocycles. The number of likely N-dealkylation sites (tertiary alicyclic amines) is 1. The number of aliphatic imine (C=N–C) groups is 1. The first-order valence-electron chi connectivity index (χ1n) is 12.6. The van der Waals surface area contributed by atoms with E-state index in [-0.39, 0.29) is 24.1 Å². The van der Waals surface area contributed by atoms with E-state index in [1.54, 1.807) is 22.9 Å².